The highest BCUT2D eigenvalue weighted by Gasteiger charge is 2.10. The van der Waals surface area contributed by atoms with E-state index in [0.717, 1.165) is 42.9 Å². The Morgan fingerprint density at radius 1 is 1.32 bits per heavy atom. The summed E-state index contributed by atoms with van der Waals surface area (Å²) in [5.74, 6) is 0.945. The second-order valence-electron chi connectivity index (χ2n) is 4.55. The highest BCUT2D eigenvalue weighted by atomic mass is 16.5. The monoisotopic (exact) mass is 257 g/mol. The largest absolute Gasteiger partial charge is 0.374 e. The average Bonchev–Trinajstić information content (AvgIpc) is 2.77. The molecule has 0 aliphatic heterocycles. The fourth-order valence-electron chi connectivity index (χ4n) is 2.14. The lowest BCUT2D eigenvalue weighted by Crippen LogP contribution is -2.05. The lowest BCUT2D eigenvalue weighted by atomic mass is 10.2. The molecule has 4 heteroatoms. The van der Waals surface area contributed by atoms with E-state index in [9.17, 15) is 0 Å². The van der Waals surface area contributed by atoms with Gasteiger partial charge in [-0.3, -0.25) is 0 Å². The summed E-state index contributed by atoms with van der Waals surface area (Å²) in [6.45, 7) is 6.44. The van der Waals surface area contributed by atoms with Crippen molar-refractivity contribution < 1.29 is 4.74 Å². The number of nitrogens with zero attached hydrogens (tertiary/aromatic N) is 3. The normalized spacial score (nSPS) is 10.8. The first kappa shape index (κ1) is 13.6. The van der Waals surface area contributed by atoms with Crippen LogP contribution in [0.4, 0.5) is 0 Å². The second kappa shape index (κ2) is 6.35. The molecule has 0 aliphatic carbocycles. The van der Waals surface area contributed by atoms with Crippen molar-refractivity contribution in [2.45, 2.75) is 39.8 Å². The summed E-state index contributed by atoms with van der Waals surface area (Å²) in [5.41, 5.74) is 2.60. The zero-order valence-electron chi connectivity index (χ0n) is 11.5. The second-order valence-corrected chi connectivity index (χ2v) is 4.55. The number of imidazole rings is 1. The molecule has 19 heavy (non-hydrogen) atoms. The van der Waals surface area contributed by atoms with Gasteiger partial charge in [0.1, 0.15) is 12.4 Å². The van der Waals surface area contributed by atoms with Crippen molar-refractivity contribution in [3.05, 3.63) is 29.6 Å². The van der Waals surface area contributed by atoms with E-state index in [1.807, 2.05) is 18.2 Å². The maximum Gasteiger partial charge on any atom is 0.135 e. The zero-order chi connectivity index (χ0) is 13.7. The van der Waals surface area contributed by atoms with Gasteiger partial charge < -0.3 is 9.30 Å². The first-order valence-corrected chi connectivity index (χ1v) is 6.77. The third kappa shape index (κ3) is 2.94. The molecule has 100 valence electrons. The van der Waals surface area contributed by atoms with Gasteiger partial charge in [-0.2, -0.15) is 5.26 Å². The van der Waals surface area contributed by atoms with Crippen LogP contribution in [0.25, 0.3) is 11.0 Å². The highest BCUT2D eigenvalue weighted by Crippen LogP contribution is 2.19. The lowest BCUT2D eigenvalue weighted by molar-refractivity contribution is 0.114. The van der Waals surface area contributed by atoms with Crippen molar-refractivity contribution >= 4 is 11.0 Å². The molecule has 0 fully saturated rings. The molecule has 0 bridgehead atoms. The molecule has 0 unspecified atom stereocenters. The quantitative estimate of drug-likeness (QED) is 0.746. The molecule has 2 aromatic rings. The first-order valence-electron chi connectivity index (χ1n) is 6.77. The molecule has 4 nitrogen and oxygen atoms in total. The van der Waals surface area contributed by atoms with E-state index in [1.54, 1.807) is 0 Å². The Kier molecular flexibility index (Phi) is 4.53. The van der Waals surface area contributed by atoms with Crippen molar-refractivity contribution in [1.29, 1.82) is 5.26 Å². The first-order chi connectivity index (χ1) is 9.30. The third-order valence-corrected chi connectivity index (χ3v) is 2.98. The Morgan fingerprint density at radius 3 is 2.84 bits per heavy atom. The fraction of sp³-hybridized carbons (Fsp3) is 0.467. The fourth-order valence-corrected chi connectivity index (χ4v) is 2.14. The molecule has 1 aromatic carbocycles. The molecule has 0 saturated carbocycles. The van der Waals surface area contributed by atoms with Crippen LogP contribution in [0.5, 0.6) is 0 Å². The molecular weight excluding hydrogens is 238 g/mol. The van der Waals surface area contributed by atoms with Crippen molar-refractivity contribution in [3.8, 4) is 6.07 Å². The summed E-state index contributed by atoms with van der Waals surface area (Å²) in [6.07, 6.45) is 2.05. The van der Waals surface area contributed by atoms with E-state index >= 15 is 0 Å². The SMILES string of the molecule is CCCOCc1nc2cc(C#N)ccc2n1CCC. The molecule has 1 aromatic heterocycles. The Labute approximate surface area is 113 Å². The van der Waals surface area contributed by atoms with Crippen LogP contribution in [0.2, 0.25) is 0 Å². The van der Waals surface area contributed by atoms with Crippen LogP contribution in [0.3, 0.4) is 0 Å². The molecule has 0 N–H and O–H groups in total. The van der Waals surface area contributed by atoms with Crippen LogP contribution in [-0.2, 0) is 17.9 Å². The number of aromatic nitrogens is 2. The summed E-state index contributed by atoms with van der Waals surface area (Å²) in [6, 6.07) is 7.80. The number of nitriles is 1. The molecule has 2 rings (SSSR count). The Bertz CT molecular complexity index is 595. The van der Waals surface area contributed by atoms with E-state index in [4.69, 9.17) is 10.00 Å². The van der Waals surface area contributed by atoms with Gasteiger partial charge in [-0.1, -0.05) is 13.8 Å². The maximum atomic E-state index is 8.94. The minimum atomic E-state index is 0.532. The minimum Gasteiger partial charge on any atom is -0.374 e. The van der Waals surface area contributed by atoms with Crippen LogP contribution in [0.15, 0.2) is 18.2 Å². The lowest BCUT2D eigenvalue weighted by Gasteiger charge is -2.07. The number of benzene rings is 1. The van der Waals surface area contributed by atoms with Gasteiger partial charge >= 0.3 is 0 Å². The van der Waals surface area contributed by atoms with Gasteiger partial charge in [0.2, 0.25) is 0 Å². The summed E-state index contributed by atoms with van der Waals surface area (Å²) >= 11 is 0. The number of aryl methyl sites for hydroxylation is 1. The summed E-state index contributed by atoms with van der Waals surface area (Å²) in [7, 11) is 0. The molecule has 0 amide bonds. The molecule has 0 radical (unpaired) electrons. The zero-order valence-corrected chi connectivity index (χ0v) is 11.5. The van der Waals surface area contributed by atoms with E-state index in [1.165, 1.54) is 0 Å². The van der Waals surface area contributed by atoms with Crippen molar-refractivity contribution in [2.24, 2.45) is 0 Å². The molecule has 0 saturated heterocycles. The van der Waals surface area contributed by atoms with Gasteiger partial charge in [0.15, 0.2) is 0 Å². The highest BCUT2D eigenvalue weighted by molar-refractivity contribution is 5.77. The van der Waals surface area contributed by atoms with Gasteiger partial charge in [-0.25, -0.2) is 4.98 Å². The van der Waals surface area contributed by atoms with Crippen LogP contribution in [0, 0.1) is 11.3 Å². The molecule has 0 aliphatic rings. The minimum absolute atomic E-state index is 0.532. The smallest absolute Gasteiger partial charge is 0.135 e. The van der Waals surface area contributed by atoms with Gasteiger partial charge in [-0.15, -0.1) is 0 Å². The van der Waals surface area contributed by atoms with Crippen molar-refractivity contribution in [1.82, 2.24) is 9.55 Å². The molecule has 0 atom stereocenters. The van der Waals surface area contributed by atoms with Gasteiger partial charge in [0.25, 0.3) is 0 Å². The maximum absolute atomic E-state index is 8.94. The summed E-state index contributed by atoms with van der Waals surface area (Å²) in [5, 5.41) is 8.94. The van der Waals surface area contributed by atoms with Crippen LogP contribution in [-0.4, -0.2) is 16.2 Å². The number of hydrogen-bond acceptors (Lipinski definition) is 3. The topological polar surface area (TPSA) is 50.8 Å². The van der Waals surface area contributed by atoms with E-state index in [-0.39, 0.29) is 0 Å². The Hall–Kier alpha value is -1.86. The van der Waals surface area contributed by atoms with Crippen LogP contribution >= 0.6 is 0 Å². The summed E-state index contributed by atoms with van der Waals surface area (Å²) in [4.78, 5) is 4.60. The number of hydrogen-bond donors (Lipinski definition) is 0. The van der Waals surface area contributed by atoms with E-state index < -0.39 is 0 Å². The standard InChI is InChI=1S/C15H19N3O/c1-3-7-18-14-6-5-12(10-16)9-13(14)17-15(18)11-19-8-4-2/h5-6,9H,3-4,7-8,11H2,1-2H3. The third-order valence-electron chi connectivity index (χ3n) is 2.98. The Balaban J connectivity index is 2.38. The Morgan fingerprint density at radius 2 is 2.16 bits per heavy atom. The average molecular weight is 257 g/mol. The number of rotatable bonds is 6. The number of ether oxygens (including phenoxy) is 1. The van der Waals surface area contributed by atoms with E-state index in [0.29, 0.717) is 12.2 Å². The van der Waals surface area contributed by atoms with Crippen molar-refractivity contribution in [2.75, 3.05) is 6.61 Å². The van der Waals surface area contributed by atoms with Gasteiger partial charge in [0, 0.05) is 13.2 Å². The molecular formula is C15H19N3O. The predicted molar refractivity (Wildman–Crippen MR) is 74.7 cm³/mol. The molecule has 0 spiro atoms. The van der Waals surface area contributed by atoms with Gasteiger partial charge in [-0.05, 0) is 31.0 Å². The van der Waals surface area contributed by atoms with Crippen LogP contribution < -0.4 is 0 Å². The summed E-state index contributed by atoms with van der Waals surface area (Å²) < 4.78 is 7.78. The van der Waals surface area contributed by atoms with Crippen molar-refractivity contribution in [3.63, 3.8) is 0 Å². The van der Waals surface area contributed by atoms with Crippen LogP contribution in [0.1, 0.15) is 38.1 Å². The number of fused-ring (bicyclic) bond motifs is 1. The van der Waals surface area contributed by atoms with Gasteiger partial charge in [0.05, 0.1) is 22.7 Å². The molecule has 1 heterocycles. The van der Waals surface area contributed by atoms with E-state index in [2.05, 4.69) is 29.5 Å². The predicted octanol–water partition coefficient (Wildman–Crippen LogP) is 3.24.